The number of aromatic hydroxyl groups is 1. The van der Waals surface area contributed by atoms with Crippen molar-refractivity contribution in [3.8, 4) is 11.5 Å². The Morgan fingerprint density at radius 1 is 1.13 bits per heavy atom. The van der Waals surface area contributed by atoms with Gasteiger partial charge in [-0.15, -0.1) is 0 Å². The molecule has 0 heterocycles. The summed E-state index contributed by atoms with van der Waals surface area (Å²) < 4.78 is 37.3. The molecule has 0 aliphatic rings. The van der Waals surface area contributed by atoms with Crippen LogP contribution in [0.2, 0.25) is 0 Å². The molecule has 1 N–H and O–H groups in total. The van der Waals surface area contributed by atoms with Crippen molar-refractivity contribution in [2.75, 3.05) is 13.6 Å². The summed E-state index contributed by atoms with van der Waals surface area (Å²) in [6, 6.07) is 13.4. The number of para-hydroxylation sites is 1. The van der Waals surface area contributed by atoms with E-state index in [0.29, 0.717) is 13.0 Å². The third-order valence-electron chi connectivity index (χ3n) is 3.33. The van der Waals surface area contributed by atoms with Gasteiger partial charge in [-0.05, 0) is 42.8 Å². The first-order valence-electron chi connectivity index (χ1n) is 7.02. The minimum atomic E-state index is -4.99. The average Bonchev–Trinajstić information content (AvgIpc) is 2.47. The summed E-state index contributed by atoms with van der Waals surface area (Å²) in [7, 11) is -3.05. The standard InChI is InChI=1S/C16H18FNO4S/c1-18(11-10-14-4-2-3-5-16(14)19)12-13-6-8-15(9-7-13)22-23(17,20)21/h2-9,19H,10-12H2,1H3. The molecule has 0 fully saturated rings. The van der Waals surface area contributed by atoms with Gasteiger partial charge in [-0.2, -0.15) is 8.42 Å². The smallest absolute Gasteiger partial charge is 0.488 e. The van der Waals surface area contributed by atoms with Crippen molar-refractivity contribution in [1.29, 1.82) is 0 Å². The molecular weight excluding hydrogens is 321 g/mol. The Bertz CT molecular complexity index is 747. The van der Waals surface area contributed by atoms with Crippen LogP contribution in [0.5, 0.6) is 11.5 Å². The minimum Gasteiger partial charge on any atom is -0.508 e. The molecule has 0 aliphatic carbocycles. The van der Waals surface area contributed by atoms with E-state index in [4.69, 9.17) is 0 Å². The van der Waals surface area contributed by atoms with E-state index in [1.807, 2.05) is 19.2 Å². The number of hydrogen-bond donors (Lipinski definition) is 1. The van der Waals surface area contributed by atoms with Crippen LogP contribution in [0.4, 0.5) is 3.89 Å². The molecule has 2 rings (SSSR count). The van der Waals surface area contributed by atoms with Crippen molar-refractivity contribution in [2.45, 2.75) is 13.0 Å². The number of hydrogen-bond acceptors (Lipinski definition) is 5. The zero-order chi connectivity index (χ0) is 16.9. The fraction of sp³-hybridized carbons (Fsp3) is 0.250. The molecule has 7 heteroatoms. The lowest BCUT2D eigenvalue weighted by Crippen LogP contribution is -2.20. The third-order valence-corrected chi connectivity index (χ3v) is 3.72. The van der Waals surface area contributed by atoms with Crippen LogP contribution in [-0.2, 0) is 23.5 Å². The highest BCUT2D eigenvalue weighted by Crippen LogP contribution is 2.18. The van der Waals surface area contributed by atoms with E-state index in [-0.39, 0.29) is 11.5 Å². The van der Waals surface area contributed by atoms with E-state index < -0.39 is 10.5 Å². The quantitative estimate of drug-likeness (QED) is 0.786. The Morgan fingerprint density at radius 3 is 2.39 bits per heavy atom. The van der Waals surface area contributed by atoms with Crippen LogP contribution in [0.25, 0.3) is 0 Å². The van der Waals surface area contributed by atoms with Gasteiger partial charge in [0.15, 0.2) is 0 Å². The number of rotatable bonds is 7. The normalized spacial score (nSPS) is 11.6. The molecule has 2 aromatic carbocycles. The highest BCUT2D eigenvalue weighted by molar-refractivity contribution is 7.81. The highest BCUT2D eigenvalue weighted by Gasteiger charge is 2.09. The molecular formula is C16H18FNO4S. The Morgan fingerprint density at radius 2 is 1.78 bits per heavy atom. The van der Waals surface area contributed by atoms with Gasteiger partial charge in [0.05, 0.1) is 0 Å². The second kappa shape index (κ2) is 7.43. The monoisotopic (exact) mass is 339 g/mol. The molecule has 0 bridgehead atoms. The predicted molar refractivity (Wildman–Crippen MR) is 85.2 cm³/mol. The molecule has 0 aliphatic heterocycles. The van der Waals surface area contributed by atoms with Crippen LogP contribution in [-0.4, -0.2) is 32.0 Å². The van der Waals surface area contributed by atoms with Gasteiger partial charge >= 0.3 is 10.5 Å². The first-order valence-corrected chi connectivity index (χ1v) is 8.33. The second-order valence-electron chi connectivity index (χ2n) is 5.24. The zero-order valence-corrected chi connectivity index (χ0v) is 13.5. The van der Waals surface area contributed by atoms with E-state index >= 15 is 0 Å². The van der Waals surface area contributed by atoms with Gasteiger partial charge in [0.1, 0.15) is 11.5 Å². The maximum absolute atomic E-state index is 12.4. The molecule has 0 saturated carbocycles. The van der Waals surface area contributed by atoms with Gasteiger partial charge in [-0.1, -0.05) is 34.2 Å². The molecule has 0 unspecified atom stereocenters. The second-order valence-corrected chi connectivity index (χ2v) is 6.19. The molecule has 0 amide bonds. The summed E-state index contributed by atoms with van der Waals surface area (Å²) in [5.74, 6) is 0.225. The molecule has 2 aromatic rings. The van der Waals surface area contributed by atoms with Crippen LogP contribution < -0.4 is 4.18 Å². The van der Waals surface area contributed by atoms with Crippen LogP contribution >= 0.6 is 0 Å². The SMILES string of the molecule is CN(CCc1ccccc1O)Cc1ccc(OS(=O)(=O)F)cc1. The molecule has 0 radical (unpaired) electrons. The van der Waals surface area contributed by atoms with E-state index in [2.05, 4.69) is 9.08 Å². The predicted octanol–water partition coefficient (Wildman–Crippen LogP) is 2.66. The number of phenolic OH excluding ortho intramolecular Hbond substituents is 1. The highest BCUT2D eigenvalue weighted by atomic mass is 32.3. The van der Waals surface area contributed by atoms with Gasteiger partial charge in [-0.25, -0.2) is 0 Å². The van der Waals surface area contributed by atoms with E-state index in [1.165, 1.54) is 12.1 Å². The fourth-order valence-corrected chi connectivity index (χ4v) is 2.53. The lowest BCUT2D eigenvalue weighted by Gasteiger charge is -2.17. The Hall–Kier alpha value is -2.12. The van der Waals surface area contributed by atoms with Crippen molar-refractivity contribution in [2.24, 2.45) is 0 Å². The largest absolute Gasteiger partial charge is 0.508 e. The van der Waals surface area contributed by atoms with Crippen LogP contribution in [0.15, 0.2) is 48.5 Å². The van der Waals surface area contributed by atoms with Crippen LogP contribution in [0.3, 0.4) is 0 Å². The van der Waals surface area contributed by atoms with Crippen molar-refractivity contribution >= 4 is 10.5 Å². The first-order chi connectivity index (χ1) is 10.8. The van der Waals surface area contributed by atoms with Crippen LogP contribution in [0.1, 0.15) is 11.1 Å². The van der Waals surface area contributed by atoms with Gasteiger partial charge in [0, 0.05) is 13.1 Å². The number of phenols is 1. The molecule has 124 valence electrons. The molecule has 0 atom stereocenters. The summed E-state index contributed by atoms with van der Waals surface area (Å²) in [4.78, 5) is 2.06. The summed E-state index contributed by atoms with van der Waals surface area (Å²) in [6.07, 6.45) is 0.713. The maximum atomic E-state index is 12.4. The topological polar surface area (TPSA) is 66.8 Å². The summed E-state index contributed by atoms with van der Waals surface area (Å²) in [5, 5.41) is 9.72. The minimum absolute atomic E-state index is 0.0619. The Labute approximate surface area is 135 Å². The van der Waals surface area contributed by atoms with Crippen molar-refractivity contribution < 1.29 is 21.6 Å². The van der Waals surface area contributed by atoms with Gasteiger partial charge in [0.25, 0.3) is 0 Å². The summed E-state index contributed by atoms with van der Waals surface area (Å²) in [6.45, 7) is 1.38. The first kappa shape index (κ1) is 17.2. The summed E-state index contributed by atoms with van der Waals surface area (Å²) >= 11 is 0. The van der Waals surface area contributed by atoms with Gasteiger partial charge < -0.3 is 14.2 Å². The molecule has 0 saturated heterocycles. The third kappa shape index (κ3) is 5.88. The molecule has 5 nitrogen and oxygen atoms in total. The zero-order valence-electron chi connectivity index (χ0n) is 12.6. The number of nitrogens with zero attached hydrogens (tertiary/aromatic N) is 1. The number of benzene rings is 2. The molecule has 0 aromatic heterocycles. The number of halogens is 1. The van der Waals surface area contributed by atoms with E-state index in [1.54, 1.807) is 24.3 Å². The van der Waals surface area contributed by atoms with Crippen LogP contribution in [0, 0.1) is 0 Å². The maximum Gasteiger partial charge on any atom is 0.488 e. The molecule has 23 heavy (non-hydrogen) atoms. The number of likely N-dealkylation sites (N-methyl/N-ethyl adjacent to an activating group) is 1. The van der Waals surface area contributed by atoms with Gasteiger partial charge in [0.2, 0.25) is 0 Å². The van der Waals surface area contributed by atoms with E-state index in [9.17, 15) is 17.4 Å². The van der Waals surface area contributed by atoms with Crippen molar-refractivity contribution in [3.63, 3.8) is 0 Å². The lowest BCUT2D eigenvalue weighted by atomic mass is 10.1. The van der Waals surface area contributed by atoms with Crippen molar-refractivity contribution in [1.82, 2.24) is 4.90 Å². The molecule has 0 spiro atoms. The summed E-state index contributed by atoms with van der Waals surface area (Å²) in [5.41, 5.74) is 1.82. The van der Waals surface area contributed by atoms with Crippen molar-refractivity contribution in [3.05, 3.63) is 59.7 Å². The average molecular weight is 339 g/mol. The Kier molecular flexibility index (Phi) is 5.57. The Balaban J connectivity index is 1.88. The lowest BCUT2D eigenvalue weighted by molar-refractivity contribution is 0.329. The van der Waals surface area contributed by atoms with E-state index in [0.717, 1.165) is 17.7 Å². The fourth-order valence-electron chi connectivity index (χ4n) is 2.19. The van der Waals surface area contributed by atoms with Gasteiger partial charge in [-0.3, -0.25) is 0 Å².